The van der Waals surface area contributed by atoms with E-state index in [0.717, 1.165) is 50.9 Å². The average molecular weight is 330 g/mol. The average Bonchev–Trinajstić information content (AvgIpc) is 2.63. The molecule has 1 aliphatic carbocycles. The first-order valence-corrected chi connectivity index (χ1v) is 9.35. The number of unbranched alkanes of at least 4 members (excludes halogenated alkanes) is 4. The number of allylic oxidation sites excluding steroid dienone is 1. The molecule has 1 saturated carbocycles. The van der Waals surface area contributed by atoms with Crippen LogP contribution >= 0.6 is 0 Å². The summed E-state index contributed by atoms with van der Waals surface area (Å²) < 4.78 is 11.2. The Morgan fingerprint density at radius 2 is 1.67 bits per heavy atom. The van der Waals surface area contributed by atoms with E-state index >= 15 is 0 Å². The molecule has 1 aliphatic rings. The molecule has 0 amide bonds. The third-order valence-corrected chi connectivity index (χ3v) is 4.55. The second-order valence-corrected chi connectivity index (χ2v) is 6.57. The first-order valence-electron chi connectivity index (χ1n) is 9.35. The van der Waals surface area contributed by atoms with Gasteiger partial charge in [-0.1, -0.05) is 38.2 Å². The van der Waals surface area contributed by atoms with Gasteiger partial charge in [0, 0.05) is 0 Å². The lowest BCUT2D eigenvalue weighted by molar-refractivity contribution is -0.139. The van der Waals surface area contributed by atoms with Crippen molar-refractivity contribution in [1.82, 2.24) is 0 Å². The van der Waals surface area contributed by atoms with Crippen LogP contribution in [0.4, 0.5) is 0 Å². The molecule has 0 atom stereocenters. The van der Waals surface area contributed by atoms with Crippen molar-refractivity contribution in [1.29, 1.82) is 0 Å². The fraction of sp³-hybridized carbons (Fsp3) is 0.571. The summed E-state index contributed by atoms with van der Waals surface area (Å²) in [5, 5.41) is 0. The van der Waals surface area contributed by atoms with Crippen molar-refractivity contribution in [2.24, 2.45) is 5.92 Å². The zero-order valence-corrected chi connectivity index (χ0v) is 14.7. The highest BCUT2D eigenvalue weighted by molar-refractivity contribution is 5.75. The van der Waals surface area contributed by atoms with Crippen LogP contribution in [0.25, 0.3) is 0 Å². The van der Waals surface area contributed by atoms with Crippen LogP contribution in [-0.4, -0.2) is 12.6 Å². The summed E-state index contributed by atoms with van der Waals surface area (Å²) >= 11 is 0. The minimum absolute atomic E-state index is 0.0794. The molecule has 0 spiro atoms. The fourth-order valence-corrected chi connectivity index (χ4v) is 3.08. The van der Waals surface area contributed by atoms with Crippen molar-refractivity contribution < 1.29 is 14.3 Å². The summed E-state index contributed by atoms with van der Waals surface area (Å²) in [7, 11) is 0. The van der Waals surface area contributed by atoms with Crippen LogP contribution < -0.4 is 9.47 Å². The van der Waals surface area contributed by atoms with Gasteiger partial charge in [-0.2, -0.15) is 0 Å². The summed E-state index contributed by atoms with van der Waals surface area (Å²) in [5.41, 5.74) is 0. The molecule has 1 aromatic rings. The molecule has 1 fully saturated rings. The quantitative estimate of drug-likeness (QED) is 0.239. The van der Waals surface area contributed by atoms with Gasteiger partial charge in [-0.15, -0.1) is 6.58 Å². The number of hydrogen-bond acceptors (Lipinski definition) is 3. The van der Waals surface area contributed by atoms with Gasteiger partial charge in [-0.3, -0.25) is 4.79 Å². The Kier molecular flexibility index (Phi) is 8.43. The topological polar surface area (TPSA) is 35.5 Å². The summed E-state index contributed by atoms with van der Waals surface area (Å²) in [4.78, 5) is 12.1. The maximum atomic E-state index is 12.1. The smallest absolute Gasteiger partial charge is 0.314 e. The van der Waals surface area contributed by atoms with Crippen molar-refractivity contribution in [3.8, 4) is 11.5 Å². The highest BCUT2D eigenvalue weighted by atomic mass is 16.5. The van der Waals surface area contributed by atoms with Crippen LogP contribution in [0.5, 0.6) is 11.5 Å². The van der Waals surface area contributed by atoms with E-state index in [4.69, 9.17) is 9.47 Å². The van der Waals surface area contributed by atoms with E-state index in [9.17, 15) is 4.79 Å². The zero-order chi connectivity index (χ0) is 17.0. The van der Waals surface area contributed by atoms with Crippen LogP contribution in [0.3, 0.4) is 0 Å². The van der Waals surface area contributed by atoms with Crippen molar-refractivity contribution in [3.63, 3.8) is 0 Å². The summed E-state index contributed by atoms with van der Waals surface area (Å²) in [6, 6.07) is 7.39. The van der Waals surface area contributed by atoms with Crippen molar-refractivity contribution >= 4 is 5.97 Å². The van der Waals surface area contributed by atoms with Gasteiger partial charge >= 0.3 is 5.97 Å². The first-order chi connectivity index (χ1) is 11.8. The number of hydrogen-bond donors (Lipinski definition) is 0. The SMILES string of the molecule is C=CCCCCCCOc1ccc(OC(=O)C2CCCCC2)cc1. The van der Waals surface area contributed by atoms with E-state index in [1.54, 1.807) is 0 Å². The molecule has 3 nitrogen and oxygen atoms in total. The number of benzene rings is 1. The van der Waals surface area contributed by atoms with E-state index in [2.05, 4.69) is 6.58 Å². The lowest BCUT2D eigenvalue weighted by Gasteiger charge is -2.19. The van der Waals surface area contributed by atoms with Crippen molar-refractivity contribution in [2.45, 2.75) is 64.2 Å². The maximum Gasteiger partial charge on any atom is 0.314 e. The molecule has 0 aromatic heterocycles. The monoisotopic (exact) mass is 330 g/mol. The molecule has 132 valence electrons. The zero-order valence-electron chi connectivity index (χ0n) is 14.7. The number of ether oxygens (including phenoxy) is 2. The Hall–Kier alpha value is -1.77. The molecule has 24 heavy (non-hydrogen) atoms. The summed E-state index contributed by atoms with van der Waals surface area (Å²) in [6.07, 6.45) is 13.2. The second kappa shape index (κ2) is 10.9. The Bertz CT molecular complexity index is 486. The Morgan fingerprint density at radius 3 is 2.38 bits per heavy atom. The van der Waals surface area contributed by atoms with Gasteiger partial charge in [0.25, 0.3) is 0 Å². The molecular formula is C21H30O3. The Morgan fingerprint density at radius 1 is 1.00 bits per heavy atom. The van der Waals surface area contributed by atoms with Gasteiger partial charge in [-0.05, 0) is 56.4 Å². The van der Waals surface area contributed by atoms with Crippen LogP contribution in [0, 0.1) is 5.92 Å². The largest absolute Gasteiger partial charge is 0.494 e. The highest BCUT2D eigenvalue weighted by Gasteiger charge is 2.22. The number of carbonyl (C=O) groups is 1. The van der Waals surface area contributed by atoms with Gasteiger partial charge in [-0.25, -0.2) is 0 Å². The van der Waals surface area contributed by atoms with Gasteiger partial charge in [0.05, 0.1) is 12.5 Å². The van der Waals surface area contributed by atoms with Gasteiger partial charge < -0.3 is 9.47 Å². The molecule has 0 bridgehead atoms. The summed E-state index contributed by atoms with van der Waals surface area (Å²) in [6.45, 7) is 4.46. The minimum atomic E-state index is -0.0807. The Balaban J connectivity index is 1.65. The third-order valence-electron chi connectivity index (χ3n) is 4.55. The van der Waals surface area contributed by atoms with Crippen LogP contribution in [0.2, 0.25) is 0 Å². The molecule has 0 heterocycles. The molecule has 0 aliphatic heterocycles. The van der Waals surface area contributed by atoms with E-state index in [1.165, 1.54) is 25.7 Å². The first kappa shape index (κ1) is 18.6. The molecule has 1 aromatic carbocycles. The van der Waals surface area contributed by atoms with Crippen LogP contribution in [-0.2, 0) is 4.79 Å². The molecule has 0 radical (unpaired) electrons. The van der Waals surface area contributed by atoms with Gasteiger partial charge in [0.1, 0.15) is 11.5 Å². The predicted octanol–water partition coefficient (Wildman–Crippen LogP) is 5.69. The number of esters is 1. The molecular weight excluding hydrogens is 300 g/mol. The summed E-state index contributed by atoms with van der Waals surface area (Å²) in [5.74, 6) is 1.44. The molecule has 0 saturated heterocycles. The lowest BCUT2D eigenvalue weighted by Crippen LogP contribution is -2.22. The van der Waals surface area contributed by atoms with Crippen LogP contribution in [0.15, 0.2) is 36.9 Å². The van der Waals surface area contributed by atoms with E-state index in [-0.39, 0.29) is 11.9 Å². The highest BCUT2D eigenvalue weighted by Crippen LogP contribution is 2.26. The third kappa shape index (κ3) is 6.77. The number of carbonyl (C=O) groups excluding carboxylic acids is 1. The predicted molar refractivity (Wildman–Crippen MR) is 97.4 cm³/mol. The van der Waals surface area contributed by atoms with E-state index < -0.39 is 0 Å². The molecule has 0 unspecified atom stereocenters. The van der Waals surface area contributed by atoms with Crippen molar-refractivity contribution in [2.75, 3.05) is 6.61 Å². The number of rotatable bonds is 10. The molecule has 2 rings (SSSR count). The van der Waals surface area contributed by atoms with E-state index in [0.29, 0.717) is 5.75 Å². The minimum Gasteiger partial charge on any atom is -0.494 e. The van der Waals surface area contributed by atoms with E-state index in [1.807, 2.05) is 30.3 Å². The van der Waals surface area contributed by atoms with Crippen molar-refractivity contribution in [3.05, 3.63) is 36.9 Å². The Labute approximate surface area is 146 Å². The molecule has 0 N–H and O–H groups in total. The van der Waals surface area contributed by atoms with Gasteiger partial charge in [0.2, 0.25) is 0 Å². The second-order valence-electron chi connectivity index (χ2n) is 6.57. The fourth-order valence-electron chi connectivity index (χ4n) is 3.08. The molecule has 3 heteroatoms. The van der Waals surface area contributed by atoms with Gasteiger partial charge in [0.15, 0.2) is 0 Å². The lowest BCUT2D eigenvalue weighted by atomic mass is 9.89. The maximum absolute atomic E-state index is 12.1. The standard InChI is InChI=1S/C21H30O3/c1-2-3-4-5-6-10-17-23-19-13-15-20(16-14-19)24-21(22)18-11-8-7-9-12-18/h2,13-16,18H,1,3-12,17H2. The van der Waals surface area contributed by atoms with Crippen LogP contribution in [0.1, 0.15) is 64.2 Å². The normalized spacial score (nSPS) is 15.0.